The van der Waals surface area contributed by atoms with Crippen molar-refractivity contribution in [1.29, 1.82) is 0 Å². The van der Waals surface area contributed by atoms with E-state index in [-0.39, 0.29) is 0 Å². The number of ether oxygens (including phenoxy) is 1. The molecule has 0 aliphatic rings. The van der Waals surface area contributed by atoms with Crippen LogP contribution in [0.3, 0.4) is 0 Å². The van der Waals surface area contributed by atoms with Gasteiger partial charge in [-0.15, -0.1) is 0 Å². The van der Waals surface area contributed by atoms with Gasteiger partial charge < -0.3 is 14.6 Å². The summed E-state index contributed by atoms with van der Waals surface area (Å²) in [6, 6.07) is 8.56. The predicted octanol–water partition coefficient (Wildman–Crippen LogP) is 3.33. The van der Waals surface area contributed by atoms with E-state index >= 15 is 0 Å². The molecular weight excluding hydrogens is 262 g/mol. The molecule has 0 aliphatic heterocycles. The van der Waals surface area contributed by atoms with Crippen LogP contribution in [0.2, 0.25) is 0 Å². The third-order valence-corrected chi connectivity index (χ3v) is 3.60. The molecule has 4 heteroatoms. The second-order valence-corrected chi connectivity index (χ2v) is 5.23. The first-order valence-corrected chi connectivity index (χ1v) is 7.65. The standard InChI is InChI=1S/C17H25N3O/c1-4-9-18-14(2)16-7-5-6-8-17(16)21-13-12-20-11-10-19-15(20)3/h5-8,10-11,14,18H,4,9,12-13H2,1-3H3. The third kappa shape index (κ3) is 4.33. The zero-order chi connectivity index (χ0) is 15.1. The van der Waals surface area contributed by atoms with Crippen molar-refractivity contribution in [2.24, 2.45) is 0 Å². The fourth-order valence-corrected chi connectivity index (χ4v) is 2.33. The normalized spacial score (nSPS) is 12.3. The van der Waals surface area contributed by atoms with Crippen LogP contribution < -0.4 is 10.1 Å². The number of imidazole rings is 1. The van der Waals surface area contributed by atoms with Gasteiger partial charge in [-0.25, -0.2) is 4.98 Å². The van der Waals surface area contributed by atoms with Crippen LogP contribution in [0, 0.1) is 6.92 Å². The molecule has 2 rings (SSSR count). The van der Waals surface area contributed by atoms with Gasteiger partial charge in [0, 0.05) is 24.0 Å². The Hall–Kier alpha value is -1.81. The minimum absolute atomic E-state index is 0.302. The summed E-state index contributed by atoms with van der Waals surface area (Å²) in [5.74, 6) is 1.98. The topological polar surface area (TPSA) is 39.1 Å². The number of nitrogens with one attached hydrogen (secondary N) is 1. The maximum atomic E-state index is 5.98. The Kier molecular flexibility index (Phi) is 5.81. The Balaban J connectivity index is 1.95. The van der Waals surface area contributed by atoms with Gasteiger partial charge in [-0.2, -0.15) is 0 Å². The first kappa shape index (κ1) is 15.6. The van der Waals surface area contributed by atoms with Crippen LogP contribution in [0.5, 0.6) is 5.75 Å². The molecule has 1 atom stereocenters. The zero-order valence-corrected chi connectivity index (χ0v) is 13.2. The van der Waals surface area contributed by atoms with Gasteiger partial charge in [0.1, 0.15) is 18.2 Å². The number of hydrogen-bond donors (Lipinski definition) is 1. The summed E-state index contributed by atoms with van der Waals surface area (Å²) in [5.41, 5.74) is 1.22. The molecule has 1 unspecified atom stereocenters. The molecule has 0 saturated carbocycles. The van der Waals surface area contributed by atoms with Crippen molar-refractivity contribution in [3.05, 3.63) is 48.0 Å². The number of nitrogens with zero attached hydrogens (tertiary/aromatic N) is 2. The maximum absolute atomic E-state index is 5.98. The lowest BCUT2D eigenvalue weighted by Crippen LogP contribution is -2.20. The van der Waals surface area contributed by atoms with Gasteiger partial charge in [0.25, 0.3) is 0 Å². The van der Waals surface area contributed by atoms with Crippen molar-refractivity contribution in [3.63, 3.8) is 0 Å². The second kappa shape index (κ2) is 7.84. The molecule has 0 radical (unpaired) electrons. The van der Waals surface area contributed by atoms with E-state index in [2.05, 4.69) is 40.8 Å². The molecule has 114 valence electrons. The summed E-state index contributed by atoms with van der Waals surface area (Å²) in [5, 5.41) is 3.51. The number of aryl methyl sites for hydroxylation is 1. The highest BCUT2D eigenvalue weighted by atomic mass is 16.5. The Morgan fingerprint density at radius 1 is 1.33 bits per heavy atom. The van der Waals surface area contributed by atoms with E-state index in [9.17, 15) is 0 Å². The highest BCUT2D eigenvalue weighted by Crippen LogP contribution is 2.24. The Bertz CT molecular complexity index is 550. The molecule has 0 aliphatic carbocycles. The molecule has 0 amide bonds. The lowest BCUT2D eigenvalue weighted by molar-refractivity contribution is 0.291. The Morgan fingerprint density at radius 3 is 2.86 bits per heavy atom. The van der Waals surface area contributed by atoms with Gasteiger partial charge >= 0.3 is 0 Å². The minimum atomic E-state index is 0.302. The molecular formula is C17H25N3O. The first-order valence-electron chi connectivity index (χ1n) is 7.65. The summed E-state index contributed by atoms with van der Waals surface area (Å²) in [4.78, 5) is 4.22. The van der Waals surface area contributed by atoms with Crippen LogP contribution in [-0.4, -0.2) is 22.7 Å². The van der Waals surface area contributed by atoms with Crippen molar-refractivity contribution in [3.8, 4) is 5.75 Å². The van der Waals surface area contributed by atoms with Gasteiger partial charge in [0.15, 0.2) is 0 Å². The zero-order valence-electron chi connectivity index (χ0n) is 13.2. The molecule has 2 aromatic rings. The minimum Gasteiger partial charge on any atom is -0.491 e. The number of benzene rings is 1. The molecule has 1 aromatic carbocycles. The van der Waals surface area contributed by atoms with E-state index in [1.807, 2.05) is 31.5 Å². The van der Waals surface area contributed by atoms with E-state index < -0.39 is 0 Å². The van der Waals surface area contributed by atoms with E-state index in [0.717, 1.165) is 31.1 Å². The van der Waals surface area contributed by atoms with E-state index in [4.69, 9.17) is 4.74 Å². The molecule has 1 aromatic heterocycles. The van der Waals surface area contributed by atoms with Crippen molar-refractivity contribution in [2.75, 3.05) is 13.2 Å². The third-order valence-electron chi connectivity index (χ3n) is 3.60. The summed E-state index contributed by atoms with van der Waals surface area (Å²) >= 11 is 0. The van der Waals surface area contributed by atoms with Crippen LogP contribution in [0.15, 0.2) is 36.7 Å². The second-order valence-electron chi connectivity index (χ2n) is 5.23. The van der Waals surface area contributed by atoms with Gasteiger partial charge in [0.05, 0.1) is 6.54 Å². The number of hydrogen-bond acceptors (Lipinski definition) is 3. The SMILES string of the molecule is CCCNC(C)c1ccccc1OCCn1ccnc1C. The summed E-state index contributed by atoms with van der Waals surface area (Å²) in [7, 11) is 0. The van der Waals surface area contributed by atoms with Crippen LogP contribution in [0.4, 0.5) is 0 Å². The predicted molar refractivity (Wildman–Crippen MR) is 85.6 cm³/mol. The van der Waals surface area contributed by atoms with Crippen LogP contribution in [0.25, 0.3) is 0 Å². The smallest absolute Gasteiger partial charge is 0.124 e. The largest absolute Gasteiger partial charge is 0.491 e. The average Bonchev–Trinajstić information content (AvgIpc) is 2.91. The highest BCUT2D eigenvalue weighted by Gasteiger charge is 2.10. The monoisotopic (exact) mass is 287 g/mol. The van der Waals surface area contributed by atoms with Crippen LogP contribution in [-0.2, 0) is 6.54 Å². The van der Waals surface area contributed by atoms with Gasteiger partial charge in [0.2, 0.25) is 0 Å². The number of aromatic nitrogens is 2. The fourth-order valence-electron chi connectivity index (χ4n) is 2.33. The summed E-state index contributed by atoms with van der Waals surface area (Å²) in [6.07, 6.45) is 4.93. The van der Waals surface area contributed by atoms with E-state index in [1.165, 1.54) is 5.56 Å². The van der Waals surface area contributed by atoms with Gasteiger partial charge in [-0.3, -0.25) is 0 Å². The van der Waals surface area contributed by atoms with Gasteiger partial charge in [-0.1, -0.05) is 25.1 Å². The molecule has 0 bridgehead atoms. The molecule has 0 fully saturated rings. The van der Waals surface area contributed by atoms with Crippen molar-refractivity contribution in [2.45, 2.75) is 39.8 Å². The Labute approximate surface area is 127 Å². The maximum Gasteiger partial charge on any atom is 0.124 e. The van der Waals surface area contributed by atoms with Crippen molar-refractivity contribution >= 4 is 0 Å². The van der Waals surface area contributed by atoms with Crippen LogP contribution in [0.1, 0.15) is 37.7 Å². The first-order chi connectivity index (χ1) is 10.2. The molecule has 21 heavy (non-hydrogen) atoms. The van der Waals surface area contributed by atoms with Crippen molar-refractivity contribution in [1.82, 2.24) is 14.9 Å². The van der Waals surface area contributed by atoms with Crippen molar-refractivity contribution < 1.29 is 4.74 Å². The summed E-state index contributed by atoms with van der Waals surface area (Å²) in [6.45, 7) is 8.84. The highest BCUT2D eigenvalue weighted by molar-refractivity contribution is 5.35. The number of para-hydroxylation sites is 1. The van der Waals surface area contributed by atoms with E-state index in [1.54, 1.807) is 0 Å². The number of rotatable bonds is 8. The van der Waals surface area contributed by atoms with Crippen LogP contribution >= 0.6 is 0 Å². The molecule has 1 N–H and O–H groups in total. The molecule has 4 nitrogen and oxygen atoms in total. The lowest BCUT2D eigenvalue weighted by atomic mass is 10.1. The fraction of sp³-hybridized carbons (Fsp3) is 0.471. The average molecular weight is 287 g/mol. The molecule has 1 heterocycles. The molecule has 0 saturated heterocycles. The Morgan fingerprint density at radius 2 is 2.14 bits per heavy atom. The quantitative estimate of drug-likeness (QED) is 0.809. The van der Waals surface area contributed by atoms with Gasteiger partial charge in [-0.05, 0) is 32.9 Å². The molecule has 0 spiro atoms. The summed E-state index contributed by atoms with van der Waals surface area (Å²) < 4.78 is 8.08. The lowest BCUT2D eigenvalue weighted by Gasteiger charge is -2.18. The van der Waals surface area contributed by atoms with E-state index in [0.29, 0.717) is 12.6 Å².